The van der Waals surface area contributed by atoms with Crippen LogP contribution in [0.4, 0.5) is 0 Å². The van der Waals surface area contributed by atoms with Gasteiger partial charge in [-0.05, 0) is 17.5 Å². The van der Waals surface area contributed by atoms with E-state index in [-0.39, 0.29) is 5.56 Å². The van der Waals surface area contributed by atoms with Crippen LogP contribution >= 0.6 is 0 Å². The maximum Gasteiger partial charge on any atom is 0.276 e. The van der Waals surface area contributed by atoms with E-state index in [4.69, 9.17) is 0 Å². The van der Waals surface area contributed by atoms with Crippen molar-refractivity contribution in [2.75, 3.05) is 0 Å². The summed E-state index contributed by atoms with van der Waals surface area (Å²) in [7, 11) is 0. The number of nitriles is 1. The van der Waals surface area contributed by atoms with E-state index in [0.29, 0.717) is 28.9 Å². The van der Waals surface area contributed by atoms with Crippen molar-refractivity contribution in [1.82, 2.24) is 14.6 Å². The Kier molecular flexibility index (Phi) is 3.86. The number of nitrogens with one attached hydrogen (secondary N) is 1. The summed E-state index contributed by atoms with van der Waals surface area (Å²) in [6.45, 7) is 1.93. The summed E-state index contributed by atoms with van der Waals surface area (Å²) in [5, 5.41) is 12.1. The molecule has 0 spiro atoms. The van der Waals surface area contributed by atoms with Crippen molar-refractivity contribution in [3.63, 3.8) is 0 Å². The molecular weight excluding hydrogens is 324 g/mol. The zero-order chi connectivity index (χ0) is 18.1. The Labute approximate surface area is 150 Å². The lowest BCUT2D eigenvalue weighted by Crippen LogP contribution is -2.21. The number of H-pyrrole nitrogens is 1. The predicted molar refractivity (Wildman–Crippen MR) is 101 cm³/mol. The van der Waals surface area contributed by atoms with Gasteiger partial charge in [-0.15, -0.1) is 0 Å². The van der Waals surface area contributed by atoms with Crippen LogP contribution in [0.25, 0.3) is 28.0 Å². The second-order valence-electron chi connectivity index (χ2n) is 6.00. The largest absolute Gasteiger partial charge is 0.295 e. The van der Waals surface area contributed by atoms with Crippen LogP contribution in [0, 0.1) is 11.3 Å². The van der Waals surface area contributed by atoms with E-state index in [2.05, 4.69) is 28.3 Å². The summed E-state index contributed by atoms with van der Waals surface area (Å²) in [6.07, 6.45) is 2.07. The highest BCUT2D eigenvalue weighted by Crippen LogP contribution is 2.26. The molecule has 5 nitrogen and oxygen atoms in total. The van der Waals surface area contributed by atoms with Crippen LogP contribution in [-0.4, -0.2) is 14.6 Å². The predicted octanol–water partition coefficient (Wildman–Crippen LogP) is 3.79. The number of benzene rings is 2. The minimum absolute atomic E-state index is 0.166. The van der Waals surface area contributed by atoms with Crippen LogP contribution in [0.15, 0.2) is 65.6 Å². The molecule has 126 valence electrons. The third-order valence-corrected chi connectivity index (χ3v) is 4.49. The quantitative estimate of drug-likeness (QED) is 0.616. The second-order valence-corrected chi connectivity index (χ2v) is 6.00. The van der Waals surface area contributed by atoms with Crippen molar-refractivity contribution in [3.05, 3.63) is 82.3 Å². The molecule has 2 aromatic carbocycles. The zero-order valence-electron chi connectivity index (χ0n) is 14.2. The molecule has 4 rings (SSSR count). The summed E-state index contributed by atoms with van der Waals surface area (Å²) >= 11 is 0. The van der Waals surface area contributed by atoms with Gasteiger partial charge in [-0.1, -0.05) is 61.5 Å². The molecule has 5 heteroatoms. The first-order chi connectivity index (χ1) is 12.7. The van der Waals surface area contributed by atoms with Gasteiger partial charge in [0.25, 0.3) is 5.56 Å². The summed E-state index contributed by atoms with van der Waals surface area (Å²) in [5.41, 5.74) is 4.91. The van der Waals surface area contributed by atoms with Gasteiger partial charge in [0.05, 0.1) is 5.69 Å². The van der Waals surface area contributed by atoms with Gasteiger partial charge in [-0.3, -0.25) is 9.89 Å². The van der Waals surface area contributed by atoms with Gasteiger partial charge < -0.3 is 0 Å². The molecule has 0 aliphatic rings. The molecule has 26 heavy (non-hydrogen) atoms. The van der Waals surface area contributed by atoms with Gasteiger partial charge in [0.15, 0.2) is 5.65 Å². The number of aromatic nitrogens is 3. The minimum atomic E-state index is -0.166. The topological polar surface area (TPSA) is 73.9 Å². The number of rotatable bonds is 3. The van der Waals surface area contributed by atoms with Crippen molar-refractivity contribution >= 4 is 5.65 Å². The van der Waals surface area contributed by atoms with Crippen LogP contribution in [0.5, 0.6) is 0 Å². The molecule has 0 bridgehead atoms. The first-order valence-electron chi connectivity index (χ1n) is 8.42. The van der Waals surface area contributed by atoms with Crippen LogP contribution < -0.4 is 5.56 Å². The van der Waals surface area contributed by atoms with Crippen molar-refractivity contribution in [2.24, 2.45) is 0 Å². The number of nitrogens with zero attached hydrogens (tertiary/aromatic N) is 3. The molecule has 0 saturated carbocycles. The fourth-order valence-electron chi connectivity index (χ4n) is 3.14. The van der Waals surface area contributed by atoms with E-state index in [1.807, 2.05) is 49.4 Å². The molecule has 1 N–H and O–H groups in total. The van der Waals surface area contributed by atoms with Crippen molar-refractivity contribution in [1.29, 1.82) is 5.26 Å². The molecule has 4 aromatic rings. The van der Waals surface area contributed by atoms with Crippen molar-refractivity contribution in [3.8, 4) is 28.5 Å². The van der Waals surface area contributed by atoms with Gasteiger partial charge >= 0.3 is 0 Å². The molecule has 0 amide bonds. The van der Waals surface area contributed by atoms with E-state index >= 15 is 0 Å². The Balaban J connectivity index is 1.88. The normalized spacial score (nSPS) is 10.8. The van der Waals surface area contributed by atoms with Gasteiger partial charge in [-0.25, -0.2) is 9.50 Å². The Morgan fingerprint density at radius 2 is 1.69 bits per heavy atom. The highest BCUT2D eigenvalue weighted by atomic mass is 16.1. The monoisotopic (exact) mass is 340 g/mol. The van der Waals surface area contributed by atoms with Gasteiger partial charge in [-0.2, -0.15) is 5.26 Å². The first-order valence-corrected chi connectivity index (χ1v) is 8.42. The van der Waals surface area contributed by atoms with Gasteiger partial charge in [0.1, 0.15) is 11.6 Å². The molecule has 0 saturated heterocycles. The SMILES string of the molecule is CCc1c(-c2ccc(-c3ccccc3)cc2)nc2c(C#N)c[nH]n2c1=O. The number of hydrogen-bond acceptors (Lipinski definition) is 3. The molecule has 0 atom stereocenters. The van der Waals surface area contributed by atoms with E-state index < -0.39 is 0 Å². The van der Waals surface area contributed by atoms with Crippen LogP contribution in [0.1, 0.15) is 18.1 Å². The number of hydrogen-bond donors (Lipinski definition) is 1. The minimum Gasteiger partial charge on any atom is -0.295 e. The van der Waals surface area contributed by atoms with E-state index in [9.17, 15) is 10.1 Å². The third kappa shape index (κ3) is 2.49. The van der Waals surface area contributed by atoms with E-state index in [1.54, 1.807) is 0 Å². The summed E-state index contributed by atoms with van der Waals surface area (Å²) in [6, 6.07) is 20.2. The lowest BCUT2D eigenvalue weighted by Gasteiger charge is -2.09. The number of aromatic amines is 1. The summed E-state index contributed by atoms with van der Waals surface area (Å²) in [5.74, 6) is 0. The second kappa shape index (κ2) is 6.34. The smallest absolute Gasteiger partial charge is 0.276 e. The molecule has 0 unspecified atom stereocenters. The maximum absolute atomic E-state index is 12.8. The fraction of sp³-hybridized carbons (Fsp3) is 0.0952. The highest BCUT2D eigenvalue weighted by Gasteiger charge is 2.16. The summed E-state index contributed by atoms with van der Waals surface area (Å²) in [4.78, 5) is 17.4. The van der Waals surface area contributed by atoms with E-state index in [0.717, 1.165) is 16.7 Å². The zero-order valence-corrected chi connectivity index (χ0v) is 14.2. The number of fused-ring (bicyclic) bond motifs is 1. The van der Waals surface area contributed by atoms with Gasteiger partial charge in [0, 0.05) is 17.3 Å². The average molecular weight is 340 g/mol. The molecule has 0 fully saturated rings. The van der Waals surface area contributed by atoms with Crippen molar-refractivity contribution < 1.29 is 0 Å². The van der Waals surface area contributed by atoms with Gasteiger partial charge in [0.2, 0.25) is 0 Å². The third-order valence-electron chi connectivity index (χ3n) is 4.49. The Morgan fingerprint density at radius 1 is 1.04 bits per heavy atom. The molecule has 0 aliphatic carbocycles. The first kappa shape index (κ1) is 15.9. The maximum atomic E-state index is 12.8. The van der Waals surface area contributed by atoms with Crippen molar-refractivity contribution in [2.45, 2.75) is 13.3 Å². The Morgan fingerprint density at radius 3 is 2.35 bits per heavy atom. The lowest BCUT2D eigenvalue weighted by atomic mass is 10.0. The fourth-order valence-corrected chi connectivity index (χ4v) is 3.14. The molecular formula is C21H16N4O. The molecule has 0 radical (unpaired) electrons. The van der Waals surface area contributed by atoms with Crippen LogP contribution in [-0.2, 0) is 6.42 Å². The highest BCUT2D eigenvalue weighted by molar-refractivity contribution is 5.72. The Hall–Kier alpha value is -3.65. The lowest BCUT2D eigenvalue weighted by molar-refractivity contribution is 0.870. The van der Waals surface area contributed by atoms with Crippen LogP contribution in [0.2, 0.25) is 0 Å². The Bertz CT molecular complexity index is 1180. The standard InChI is InChI=1S/C21H16N4O/c1-2-18-19(24-20-17(12-22)13-23-25(20)21(18)26)16-10-8-15(9-11-16)14-6-4-3-5-7-14/h3-11,13,23H,2H2,1H3. The summed E-state index contributed by atoms with van der Waals surface area (Å²) < 4.78 is 1.33. The van der Waals surface area contributed by atoms with Crippen LogP contribution in [0.3, 0.4) is 0 Å². The molecule has 2 heterocycles. The average Bonchev–Trinajstić information content (AvgIpc) is 3.12. The van der Waals surface area contributed by atoms with E-state index in [1.165, 1.54) is 10.7 Å². The molecule has 2 aromatic heterocycles. The molecule has 0 aliphatic heterocycles.